The molecule has 6 nitrogen and oxygen atoms in total. The lowest BCUT2D eigenvalue weighted by Crippen LogP contribution is -2.37. The van der Waals surface area contributed by atoms with Crippen LogP contribution in [0.5, 0.6) is 0 Å². The molecule has 1 aromatic carbocycles. The van der Waals surface area contributed by atoms with Crippen molar-refractivity contribution in [3.63, 3.8) is 0 Å². The van der Waals surface area contributed by atoms with Gasteiger partial charge in [-0.2, -0.15) is 10.1 Å². The molecule has 0 unspecified atom stereocenters. The zero-order chi connectivity index (χ0) is 19.9. The van der Waals surface area contributed by atoms with E-state index < -0.39 is 0 Å². The molecule has 2 aromatic rings. The average molecular weight is 382 g/mol. The second-order valence-corrected chi connectivity index (χ2v) is 7.63. The van der Waals surface area contributed by atoms with Crippen molar-refractivity contribution in [1.82, 2.24) is 9.97 Å². The molecule has 1 N–H and O–H groups in total. The monoisotopic (exact) mass is 381 g/mol. The van der Waals surface area contributed by atoms with Crippen LogP contribution in [0.25, 0.3) is 0 Å². The fourth-order valence-electron chi connectivity index (χ4n) is 3.44. The molecular weight excluding hydrogens is 350 g/mol. The first kappa shape index (κ1) is 20.3. The number of nitrogens with zero attached hydrogens (tertiary/aromatic N) is 4. The second kappa shape index (κ2) is 9.64. The number of rotatable bonds is 7. The van der Waals surface area contributed by atoms with Gasteiger partial charge in [0, 0.05) is 18.7 Å². The van der Waals surface area contributed by atoms with Crippen LogP contribution in [0.15, 0.2) is 29.4 Å². The Morgan fingerprint density at radius 1 is 1.25 bits per heavy atom. The Kier molecular flexibility index (Phi) is 6.98. The normalized spacial score (nSPS) is 14.8. The summed E-state index contributed by atoms with van der Waals surface area (Å²) in [6.07, 6.45) is 3.65. The van der Waals surface area contributed by atoms with Crippen LogP contribution in [0.3, 0.4) is 0 Å². The molecule has 0 radical (unpaired) electrons. The molecule has 1 fully saturated rings. The minimum atomic E-state index is 0.529. The summed E-state index contributed by atoms with van der Waals surface area (Å²) in [6, 6.07) is 8.23. The highest BCUT2D eigenvalue weighted by atomic mass is 16.5. The predicted octanol–water partition coefficient (Wildman–Crippen LogP) is 3.83. The van der Waals surface area contributed by atoms with Gasteiger partial charge in [0.25, 0.3) is 0 Å². The Morgan fingerprint density at radius 3 is 2.71 bits per heavy atom. The van der Waals surface area contributed by atoms with Crippen molar-refractivity contribution < 1.29 is 4.74 Å². The Bertz CT molecular complexity index is 813. The number of benzene rings is 1. The van der Waals surface area contributed by atoms with E-state index in [9.17, 15) is 0 Å². The summed E-state index contributed by atoms with van der Waals surface area (Å²) in [7, 11) is 0. The number of nitrogens with one attached hydrogen (secondary N) is 1. The van der Waals surface area contributed by atoms with Crippen LogP contribution in [0, 0.1) is 12.8 Å². The van der Waals surface area contributed by atoms with Gasteiger partial charge in [-0.15, -0.1) is 0 Å². The summed E-state index contributed by atoms with van der Waals surface area (Å²) in [6.45, 7) is 11.9. The molecule has 6 heteroatoms. The van der Waals surface area contributed by atoms with E-state index in [0.29, 0.717) is 11.9 Å². The Balaban J connectivity index is 1.88. The number of ether oxygens (including phenoxy) is 1. The van der Waals surface area contributed by atoms with Gasteiger partial charge in [0.2, 0.25) is 5.95 Å². The second-order valence-electron chi connectivity index (χ2n) is 7.63. The van der Waals surface area contributed by atoms with Gasteiger partial charge in [0.05, 0.1) is 25.1 Å². The van der Waals surface area contributed by atoms with Gasteiger partial charge in [-0.1, -0.05) is 50.6 Å². The van der Waals surface area contributed by atoms with Crippen LogP contribution in [-0.4, -0.2) is 42.5 Å². The summed E-state index contributed by atoms with van der Waals surface area (Å²) in [5.41, 5.74) is 7.66. The highest BCUT2D eigenvalue weighted by Crippen LogP contribution is 2.26. The number of aryl methyl sites for hydroxylation is 1. The molecule has 0 saturated carbocycles. The first-order valence-corrected chi connectivity index (χ1v) is 10.1. The molecule has 28 heavy (non-hydrogen) atoms. The maximum Gasteiger partial charge on any atom is 0.245 e. The van der Waals surface area contributed by atoms with E-state index in [1.165, 1.54) is 11.1 Å². The number of hydrogen-bond donors (Lipinski definition) is 1. The van der Waals surface area contributed by atoms with Gasteiger partial charge >= 0.3 is 0 Å². The van der Waals surface area contributed by atoms with E-state index in [4.69, 9.17) is 14.7 Å². The lowest BCUT2D eigenvalue weighted by atomic mass is 10.0. The van der Waals surface area contributed by atoms with Crippen LogP contribution in [0.2, 0.25) is 0 Å². The highest BCUT2D eigenvalue weighted by molar-refractivity contribution is 5.80. The van der Waals surface area contributed by atoms with Crippen molar-refractivity contribution in [3.8, 4) is 0 Å². The van der Waals surface area contributed by atoms with Gasteiger partial charge < -0.3 is 9.64 Å². The summed E-state index contributed by atoms with van der Waals surface area (Å²) < 4.78 is 5.52. The Morgan fingerprint density at radius 2 is 2.04 bits per heavy atom. The van der Waals surface area contributed by atoms with E-state index in [2.05, 4.69) is 55.3 Å². The molecule has 1 aliphatic heterocycles. The topological polar surface area (TPSA) is 62.6 Å². The molecule has 1 aromatic heterocycles. The number of aromatic nitrogens is 2. The smallest absolute Gasteiger partial charge is 0.245 e. The number of hydrogen-bond acceptors (Lipinski definition) is 6. The zero-order valence-corrected chi connectivity index (χ0v) is 17.4. The van der Waals surface area contributed by atoms with Crippen molar-refractivity contribution in [2.75, 3.05) is 36.6 Å². The molecule has 0 atom stereocenters. The molecule has 1 aliphatic rings. The first-order valence-electron chi connectivity index (χ1n) is 10.1. The Hall–Kier alpha value is -2.47. The molecule has 0 spiro atoms. The lowest BCUT2D eigenvalue weighted by molar-refractivity contribution is 0.122. The molecule has 0 aliphatic carbocycles. The summed E-state index contributed by atoms with van der Waals surface area (Å²) >= 11 is 0. The van der Waals surface area contributed by atoms with Gasteiger partial charge in [0.15, 0.2) is 0 Å². The number of morpholine rings is 1. The van der Waals surface area contributed by atoms with Gasteiger partial charge in [-0.05, 0) is 31.2 Å². The van der Waals surface area contributed by atoms with E-state index in [0.717, 1.165) is 56.2 Å². The van der Waals surface area contributed by atoms with Crippen LogP contribution in [0.1, 0.15) is 43.2 Å². The number of anilines is 2. The van der Waals surface area contributed by atoms with Crippen molar-refractivity contribution in [2.45, 2.75) is 40.5 Å². The zero-order valence-electron chi connectivity index (χ0n) is 17.4. The van der Waals surface area contributed by atoms with E-state index in [1.54, 1.807) is 6.21 Å². The largest absolute Gasteiger partial charge is 0.378 e. The molecule has 3 rings (SSSR count). The van der Waals surface area contributed by atoms with Crippen molar-refractivity contribution in [3.05, 3.63) is 46.6 Å². The van der Waals surface area contributed by atoms with E-state index in [-0.39, 0.29) is 0 Å². The van der Waals surface area contributed by atoms with Gasteiger partial charge in [-0.25, -0.2) is 10.4 Å². The molecule has 0 amide bonds. The quantitative estimate of drug-likeness (QED) is 0.583. The van der Waals surface area contributed by atoms with Crippen LogP contribution in [0.4, 0.5) is 11.8 Å². The van der Waals surface area contributed by atoms with Crippen molar-refractivity contribution in [1.29, 1.82) is 0 Å². The minimum absolute atomic E-state index is 0.529. The third-order valence-corrected chi connectivity index (χ3v) is 4.76. The fraction of sp³-hybridized carbons (Fsp3) is 0.500. The SMILES string of the molecule is CCc1c(CC(C)C)nc(N/N=C/c2cccc(C)c2)nc1N1CCOCC1. The average Bonchev–Trinajstić information content (AvgIpc) is 2.68. The fourth-order valence-corrected chi connectivity index (χ4v) is 3.44. The van der Waals surface area contributed by atoms with E-state index >= 15 is 0 Å². The van der Waals surface area contributed by atoms with Crippen molar-refractivity contribution in [2.24, 2.45) is 11.0 Å². The number of hydrazone groups is 1. The molecule has 2 heterocycles. The molecule has 0 bridgehead atoms. The molecule has 150 valence electrons. The van der Waals surface area contributed by atoms with Crippen LogP contribution < -0.4 is 10.3 Å². The summed E-state index contributed by atoms with van der Waals surface area (Å²) in [5.74, 6) is 2.10. The summed E-state index contributed by atoms with van der Waals surface area (Å²) in [5, 5.41) is 4.37. The summed E-state index contributed by atoms with van der Waals surface area (Å²) in [4.78, 5) is 11.9. The third-order valence-electron chi connectivity index (χ3n) is 4.76. The standard InChI is InChI=1S/C22H31N5O/c1-5-19-20(13-16(2)3)24-22(25-21(19)27-9-11-28-12-10-27)26-23-15-18-8-6-7-17(4)14-18/h6-8,14-16H,5,9-13H2,1-4H3,(H,24,25,26)/b23-15+. The Labute approximate surface area is 168 Å². The highest BCUT2D eigenvalue weighted by Gasteiger charge is 2.20. The first-order chi connectivity index (χ1) is 13.6. The lowest BCUT2D eigenvalue weighted by Gasteiger charge is -2.30. The predicted molar refractivity (Wildman–Crippen MR) is 115 cm³/mol. The minimum Gasteiger partial charge on any atom is -0.378 e. The van der Waals surface area contributed by atoms with E-state index in [1.807, 2.05) is 12.1 Å². The molecular formula is C22H31N5O. The van der Waals surface area contributed by atoms with Crippen LogP contribution >= 0.6 is 0 Å². The maximum absolute atomic E-state index is 5.52. The van der Waals surface area contributed by atoms with Crippen molar-refractivity contribution >= 4 is 18.0 Å². The molecule has 1 saturated heterocycles. The van der Waals surface area contributed by atoms with Crippen LogP contribution in [-0.2, 0) is 17.6 Å². The maximum atomic E-state index is 5.52. The third kappa shape index (κ3) is 5.29. The van der Waals surface area contributed by atoms with Gasteiger partial charge in [-0.3, -0.25) is 0 Å². The van der Waals surface area contributed by atoms with Gasteiger partial charge in [0.1, 0.15) is 5.82 Å².